The van der Waals surface area contributed by atoms with Gasteiger partial charge in [-0.05, 0) is 17.9 Å². The fourth-order valence-corrected chi connectivity index (χ4v) is 4.31. The monoisotopic (exact) mass is 413 g/mol. The molecule has 1 aliphatic carbocycles. The minimum Gasteiger partial charge on any atom is -0.402 e. The highest BCUT2D eigenvalue weighted by atomic mass is 19.4. The third kappa shape index (κ3) is 3.90. The molecule has 29 heavy (non-hydrogen) atoms. The van der Waals surface area contributed by atoms with E-state index in [-0.39, 0.29) is 24.5 Å². The second kappa shape index (κ2) is 7.16. The third-order valence-electron chi connectivity index (χ3n) is 5.63. The van der Waals surface area contributed by atoms with Crippen LogP contribution in [0.1, 0.15) is 31.6 Å². The number of nitrogen functional groups attached to an aromatic ring is 1. The lowest BCUT2D eigenvalue weighted by Crippen LogP contribution is -2.27. The highest BCUT2D eigenvalue weighted by molar-refractivity contribution is 5.64. The Morgan fingerprint density at radius 3 is 2.55 bits per heavy atom. The molecule has 0 bridgehead atoms. The molecule has 2 aromatic heterocycles. The smallest absolute Gasteiger partial charge is 0.402 e. The highest BCUT2D eigenvalue weighted by Crippen LogP contribution is 2.56. The molecule has 2 unspecified atom stereocenters. The number of alkyl halides is 4. The molecular weight excluding hydrogens is 390 g/mol. The molecule has 1 aliphatic heterocycles. The van der Waals surface area contributed by atoms with E-state index >= 15 is 0 Å². The number of fused-ring (bicyclic) bond motifs is 1. The predicted octanol–water partition coefficient (Wildman–Crippen LogP) is 3.62. The fraction of sp³-hybridized carbons (Fsp3) is 0.579. The molecule has 0 spiro atoms. The van der Waals surface area contributed by atoms with Gasteiger partial charge in [-0.3, -0.25) is 0 Å². The fourth-order valence-electron chi connectivity index (χ4n) is 4.31. The van der Waals surface area contributed by atoms with Gasteiger partial charge in [-0.25, -0.2) is 14.4 Å². The van der Waals surface area contributed by atoms with Crippen molar-refractivity contribution < 1.29 is 22.3 Å². The van der Waals surface area contributed by atoms with Crippen LogP contribution in [0.4, 0.5) is 23.4 Å². The Kier molecular flexibility index (Phi) is 4.92. The predicted molar refractivity (Wildman–Crippen MR) is 99.1 cm³/mol. The quantitative estimate of drug-likeness (QED) is 0.733. The molecule has 2 aliphatic rings. The molecule has 2 N–H and O–H groups in total. The van der Waals surface area contributed by atoms with Crippen molar-refractivity contribution in [3.8, 4) is 17.0 Å². The normalized spacial score (nSPS) is 24.2. The van der Waals surface area contributed by atoms with Gasteiger partial charge in [0.25, 0.3) is 0 Å². The lowest BCUT2D eigenvalue weighted by atomic mass is 10.2. The summed E-state index contributed by atoms with van der Waals surface area (Å²) in [6.07, 6.45) is -1.59. The van der Waals surface area contributed by atoms with Crippen molar-refractivity contribution in [2.24, 2.45) is 11.8 Å². The molecule has 2 atom stereocenters. The Hall–Kier alpha value is -2.36. The van der Waals surface area contributed by atoms with E-state index in [1.54, 1.807) is 0 Å². The van der Waals surface area contributed by atoms with Gasteiger partial charge in [-0.15, -0.1) is 13.2 Å². The maximum absolute atomic E-state index is 12.6. The van der Waals surface area contributed by atoms with Crippen molar-refractivity contribution in [1.82, 2.24) is 19.4 Å². The number of likely N-dealkylation sites (tertiary alicyclic amines) is 1. The van der Waals surface area contributed by atoms with Crippen molar-refractivity contribution >= 4 is 5.82 Å². The molecule has 6 nitrogen and oxygen atoms in total. The van der Waals surface area contributed by atoms with Crippen LogP contribution in [0.25, 0.3) is 11.3 Å². The molecule has 0 radical (unpaired) electrons. The molecule has 10 heteroatoms. The largest absolute Gasteiger partial charge is 0.573 e. The molecule has 4 rings (SSSR count). The van der Waals surface area contributed by atoms with Gasteiger partial charge in [-0.1, -0.05) is 13.8 Å². The van der Waals surface area contributed by atoms with Crippen LogP contribution in [-0.4, -0.2) is 52.1 Å². The summed E-state index contributed by atoms with van der Waals surface area (Å²) in [4.78, 5) is 10.6. The van der Waals surface area contributed by atoms with E-state index in [0.717, 1.165) is 18.9 Å². The van der Waals surface area contributed by atoms with E-state index in [0.29, 0.717) is 29.6 Å². The van der Waals surface area contributed by atoms with Gasteiger partial charge >= 0.3 is 6.36 Å². The third-order valence-corrected chi connectivity index (χ3v) is 5.63. The first-order chi connectivity index (χ1) is 13.7. The van der Waals surface area contributed by atoms with Crippen LogP contribution in [0.2, 0.25) is 0 Å². The van der Waals surface area contributed by atoms with Crippen LogP contribution in [0.3, 0.4) is 0 Å². The van der Waals surface area contributed by atoms with E-state index in [2.05, 4.69) is 24.2 Å². The average Bonchev–Trinajstić information content (AvgIpc) is 2.98. The van der Waals surface area contributed by atoms with Crippen molar-refractivity contribution in [3.05, 3.63) is 24.3 Å². The summed E-state index contributed by atoms with van der Waals surface area (Å²) in [6, 6.07) is 1.50. The van der Waals surface area contributed by atoms with E-state index in [1.165, 1.54) is 12.3 Å². The van der Waals surface area contributed by atoms with Gasteiger partial charge in [0.15, 0.2) is 11.6 Å². The first-order valence-electron chi connectivity index (χ1n) is 9.56. The number of hydrogen-bond acceptors (Lipinski definition) is 5. The number of anilines is 1. The molecule has 2 fully saturated rings. The van der Waals surface area contributed by atoms with Gasteiger partial charge < -0.3 is 19.9 Å². The Morgan fingerprint density at radius 2 is 1.97 bits per heavy atom. The minimum absolute atomic E-state index is 0.139. The van der Waals surface area contributed by atoms with Crippen LogP contribution in [0.5, 0.6) is 5.75 Å². The molecule has 2 aromatic rings. The zero-order valence-electron chi connectivity index (χ0n) is 16.2. The lowest BCUT2D eigenvalue weighted by molar-refractivity contribution is -0.274. The molecule has 1 saturated heterocycles. The number of nitrogens with two attached hydrogens (primary N) is 1. The van der Waals surface area contributed by atoms with E-state index in [4.69, 9.17) is 5.73 Å². The summed E-state index contributed by atoms with van der Waals surface area (Å²) in [5, 5.41) is 0. The molecule has 1 saturated carbocycles. The Labute approximate surface area is 165 Å². The molecular formula is C19H23F4N5O. The van der Waals surface area contributed by atoms with Crippen LogP contribution < -0.4 is 10.5 Å². The number of hydrogen-bond donors (Lipinski definition) is 1. The number of halogens is 4. The lowest BCUT2D eigenvalue weighted by Gasteiger charge is -2.19. The van der Waals surface area contributed by atoms with Gasteiger partial charge in [0.05, 0.1) is 5.69 Å². The second-order valence-corrected chi connectivity index (χ2v) is 7.97. The average molecular weight is 413 g/mol. The summed E-state index contributed by atoms with van der Waals surface area (Å²) in [5.41, 5.74) is 6.46. The number of ether oxygens (including phenoxy) is 1. The summed E-state index contributed by atoms with van der Waals surface area (Å²) in [7, 11) is 0. The molecule has 3 heterocycles. The van der Waals surface area contributed by atoms with Crippen molar-refractivity contribution in [1.29, 1.82) is 0 Å². The van der Waals surface area contributed by atoms with Crippen LogP contribution >= 0.6 is 0 Å². The topological polar surface area (TPSA) is 69.2 Å². The van der Waals surface area contributed by atoms with Gasteiger partial charge in [0.2, 0.25) is 0 Å². The van der Waals surface area contributed by atoms with Crippen molar-refractivity contribution in [2.75, 3.05) is 32.0 Å². The first-order valence-corrected chi connectivity index (χ1v) is 9.56. The van der Waals surface area contributed by atoms with Crippen LogP contribution in [-0.2, 0) is 0 Å². The summed E-state index contributed by atoms with van der Waals surface area (Å²) >= 11 is 0. The number of piperidine rings is 1. The number of aromatic nitrogens is 3. The Bertz CT molecular complexity index is 885. The number of rotatable bonds is 6. The van der Waals surface area contributed by atoms with E-state index in [9.17, 15) is 17.6 Å². The van der Waals surface area contributed by atoms with E-state index < -0.39 is 12.1 Å². The molecule has 0 aromatic carbocycles. The van der Waals surface area contributed by atoms with Crippen molar-refractivity contribution in [3.63, 3.8) is 0 Å². The van der Waals surface area contributed by atoms with Gasteiger partial charge in [-0.2, -0.15) is 0 Å². The maximum Gasteiger partial charge on any atom is 0.573 e. The standard InChI is InChI=1S/C19H23F4N5O/c1-10(2)18-26-14(11-5-15(17(24)25-6-11)29-19(21,22)23)9-28(18)16-12-7-27(4-3-20)8-13(12)16/h5-6,9-10,12-13,16H,3-4,7-8H2,1-2H3,(H2,24,25). The minimum atomic E-state index is -4.85. The Balaban J connectivity index is 1.61. The summed E-state index contributed by atoms with van der Waals surface area (Å²) in [6.45, 7) is 5.88. The number of imidazole rings is 1. The van der Waals surface area contributed by atoms with Gasteiger partial charge in [0, 0.05) is 49.6 Å². The zero-order valence-corrected chi connectivity index (χ0v) is 16.2. The second-order valence-electron chi connectivity index (χ2n) is 7.97. The van der Waals surface area contributed by atoms with Crippen LogP contribution in [0, 0.1) is 11.8 Å². The Morgan fingerprint density at radius 1 is 1.28 bits per heavy atom. The SMILES string of the molecule is CC(C)c1nc(-c2cnc(N)c(OC(F)(F)F)c2)cn1C1C2CN(CCF)CC21. The zero-order chi connectivity index (χ0) is 20.9. The summed E-state index contributed by atoms with van der Waals surface area (Å²) < 4.78 is 56.5. The summed E-state index contributed by atoms with van der Waals surface area (Å²) in [5.74, 6) is 1.04. The van der Waals surface area contributed by atoms with Crippen molar-refractivity contribution in [2.45, 2.75) is 32.2 Å². The molecule has 158 valence electrons. The number of nitrogens with zero attached hydrogens (tertiary/aromatic N) is 4. The van der Waals surface area contributed by atoms with E-state index in [1.807, 2.05) is 20.0 Å². The van der Waals surface area contributed by atoms with Gasteiger partial charge in [0.1, 0.15) is 12.5 Å². The number of pyridine rings is 1. The van der Waals surface area contributed by atoms with Crippen LogP contribution in [0.15, 0.2) is 18.5 Å². The maximum atomic E-state index is 12.6. The first kappa shape index (κ1) is 19.9. The highest BCUT2D eigenvalue weighted by Gasteiger charge is 2.57. The molecule has 0 amide bonds.